The van der Waals surface area contributed by atoms with Crippen molar-refractivity contribution < 1.29 is 9.90 Å². The van der Waals surface area contributed by atoms with E-state index in [4.69, 9.17) is 0 Å². The number of amides is 2. The maximum absolute atomic E-state index is 12.4. The van der Waals surface area contributed by atoms with E-state index in [1.807, 2.05) is 36.1 Å². The van der Waals surface area contributed by atoms with Crippen LogP contribution in [0.2, 0.25) is 0 Å². The number of urea groups is 1. The molecule has 21 heavy (non-hydrogen) atoms. The van der Waals surface area contributed by atoms with Gasteiger partial charge in [0.2, 0.25) is 0 Å². The van der Waals surface area contributed by atoms with E-state index in [1.165, 1.54) is 6.42 Å². The van der Waals surface area contributed by atoms with Crippen LogP contribution in [0.15, 0.2) is 24.3 Å². The third-order valence-electron chi connectivity index (χ3n) is 4.98. The van der Waals surface area contributed by atoms with Gasteiger partial charge in [-0.15, -0.1) is 0 Å². The van der Waals surface area contributed by atoms with Gasteiger partial charge in [0.25, 0.3) is 0 Å². The van der Waals surface area contributed by atoms with Gasteiger partial charge in [-0.2, -0.15) is 0 Å². The van der Waals surface area contributed by atoms with Gasteiger partial charge in [-0.1, -0.05) is 25.0 Å². The van der Waals surface area contributed by atoms with E-state index in [0.29, 0.717) is 19.5 Å². The highest BCUT2D eigenvalue weighted by atomic mass is 16.3. The lowest BCUT2D eigenvalue weighted by Crippen LogP contribution is -2.55. The van der Waals surface area contributed by atoms with Gasteiger partial charge in [-0.05, 0) is 43.9 Å². The zero-order valence-electron chi connectivity index (χ0n) is 12.6. The number of piperidine rings is 1. The summed E-state index contributed by atoms with van der Waals surface area (Å²) in [7, 11) is 0. The van der Waals surface area contributed by atoms with Gasteiger partial charge >= 0.3 is 6.03 Å². The maximum Gasteiger partial charge on any atom is 0.321 e. The van der Waals surface area contributed by atoms with Gasteiger partial charge in [-0.3, -0.25) is 0 Å². The topological polar surface area (TPSA) is 52.6 Å². The van der Waals surface area contributed by atoms with Crippen molar-refractivity contribution in [1.82, 2.24) is 4.90 Å². The SMILES string of the molecule is Cc1cccc(NC(=O)N2CCC3(O)CCCCC3C2)c1. The number of nitrogens with one attached hydrogen (secondary N) is 1. The molecule has 2 atom stereocenters. The number of aryl methyl sites for hydroxylation is 1. The lowest BCUT2D eigenvalue weighted by atomic mass is 9.71. The van der Waals surface area contributed by atoms with Crippen molar-refractivity contribution in [2.24, 2.45) is 5.92 Å². The van der Waals surface area contributed by atoms with Crippen LogP contribution in [0, 0.1) is 12.8 Å². The zero-order valence-corrected chi connectivity index (χ0v) is 12.6. The number of rotatable bonds is 1. The molecule has 2 aliphatic rings. The molecule has 2 fully saturated rings. The fourth-order valence-corrected chi connectivity index (χ4v) is 3.68. The molecule has 1 aliphatic carbocycles. The molecule has 1 heterocycles. The Labute approximate surface area is 126 Å². The fourth-order valence-electron chi connectivity index (χ4n) is 3.68. The van der Waals surface area contributed by atoms with Crippen LogP contribution in [0.5, 0.6) is 0 Å². The minimum Gasteiger partial charge on any atom is -0.389 e. The maximum atomic E-state index is 12.4. The summed E-state index contributed by atoms with van der Waals surface area (Å²) in [6.07, 6.45) is 4.91. The molecule has 2 amide bonds. The number of aliphatic hydroxyl groups is 1. The van der Waals surface area contributed by atoms with Crippen molar-refractivity contribution in [2.75, 3.05) is 18.4 Å². The molecule has 114 valence electrons. The third kappa shape index (κ3) is 3.05. The van der Waals surface area contributed by atoms with Gasteiger partial charge in [0, 0.05) is 24.7 Å². The Morgan fingerprint density at radius 1 is 1.38 bits per heavy atom. The molecule has 0 spiro atoms. The number of likely N-dealkylation sites (tertiary alicyclic amines) is 1. The molecule has 2 unspecified atom stereocenters. The molecule has 3 rings (SSSR count). The van der Waals surface area contributed by atoms with Gasteiger partial charge in [0.1, 0.15) is 0 Å². The van der Waals surface area contributed by atoms with Crippen LogP contribution >= 0.6 is 0 Å². The molecule has 0 radical (unpaired) electrons. The van der Waals surface area contributed by atoms with Gasteiger partial charge in [0.05, 0.1) is 5.60 Å². The first-order chi connectivity index (χ1) is 10.1. The van der Waals surface area contributed by atoms with Crippen molar-refractivity contribution >= 4 is 11.7 Å². The van der Waals surface area contributed by atoms with Crippen LogP contribution in [0.3, 0.4) is 0 Å². The molecule has 4 nitrogen and oxygen atoms in total. The Morgan fingerprint density at radius 3 is 3.05 bits per heavy atom. The van der Waals surface area contributed by atoms with Crippen LogP contribution in [-0.2, 0) is 0 Å². The second kappa shape index (κ2) is 5.68. The van der Waals surface area contributed by atoms with Crippen LogP contribution < -0.4 is 5.32 Å². The molecule has 1 saturated carbocycles. The number of carbonyl (C=O) groups excluding carboxylic acids is 1. The standard InChI is InChI=1S/C17H24N2O2/c1-13-5-4-7-15(11-13)18-16(20)19-10-9-17(21)8-3-2-6-14(17)12-19/h4-5,7,11,14,21H,2-3,6,8-10,12H2,1H3,(H,18,20). The van der Waals surface area contributed by atoms with Crippen molar-refractivity contribution in [1.29, 1.82) is 0 Å². The molecule has 1 saturated heterocycles. The van der Waals surface area contributed by atoms with E-state index in [9.17, 15) is 9.90 Å². The first-order valence-corrected chi connectivity index (χ1v) is 7.92. The predicted octanol–water partition coefficient (Wildman–Crippen LogP) is 3.15. The highest BCUT2D eigenvalue weighted by molar-refractivity contribution is 5.89. The quantitative estimate of drug-likeness (QED) is 0.834. The molecule has 0 bridgehead atoms. The summed E-state index contributed by atoms with van der Waals surface area (Å²) in [5, 5.41) is 13.6. The molecule has 4 heteroatoms. The number of carbonyl (C=O) groups is 1. The van der Waals surface area contributed by atoms with Crippen LogP contribution in [0.4, 0.5) is 10.5 Å². The second-order valence-electron chi connectivity index (χ2n) is 6.54. The van der Waals surface area contributed by atoms with Crippen molar-refractivity contribution in [3.63, 3.8) is 0 Å². The summed E-state index contributed by atoms with van der Waals surface area (Å²) in [6.45, 7) is 3.33. The Morgan fingerprint density at radius 2 is 2.24 bits per heavy atom. The molecule has 0 aromatic heterocycles. The predicted molar refractivity (Wildman–Crippen MR) is 83.3 cm³/mol. The van der Waals surface area contributed by atoms with E-state index >= 15 is 0 Å². The van der Waals surface area contributed by atoms with Crippen LogP contribution in [0.25, 0.3) is 0 Å². The Balaban J connectivity index is 1.64. The number of anilines is 1. The molecule has 2 N–H and O–H groups in total. The highest BCUT2D eigenvalue weighted by Crippen LogP contribution is 2.39. The largest absolute Gasteiger partial charge is 0.389 e. The first-order valence-electron chi connectivity index (χ1n) is 7.92. The van der Waals surface area contributed by atoms with Crippen LogP contribution in [-0.4, -0.2) is 34.7 Å². The minimum atomic E-state index is -0.529. The molecule has 1 aromatic carbocycles. The highest BCUT2D eigenvalue weighted by Gasteiger charge is 2.43. The smallest absolute Gasteiger partial charge is 0.321 e. The number of fused-ring (bicyclic) bond motifs is 1. The average Bonchev–Trinajstić information content (AvgIpc) is 2.46. The summed E-state index contributed by atoms with van der Waals surface area (Å²) in [5.41, 5.74) is 1.44. The molecular formula is C17H24N2O2. The normalized spacial score (nSPS) is 28.9. The number of benzene rings is 1. The minimum absolute atomic E-state index is 0.0479. The Kier molecular flexibility index (Phi) is 3.89. The second-order valence-corrected chi connectivity index (χ2v) is 6.54. The lowest BCUT2D eigenvalue weighted by molar-refractivity contribution is -0.0863. The van der Waals surface area contributed by atoms with E-state index < -0.39 is 5.60 Å². The number of hydrogen-bond acceptors (Lipinski definition) is 2. The van der Waals surface area contributed by atoms with Gasteiger partial charge in [-0.25, -0.2) is 4.79 Å². The zero-order chi connectivity index (χ0) is 14.9. The van der Waals surface area contributed by atoms with Crippen molar-refractivity contribution in [3.8, 4) is 0 Å². The van der Waals surface area contributed by atoms with E-state index in [1.54, 1.807) is 0 Å². The number of hydrogen-bond donors (Lipinski definition) is 2. The summed E-state index contributed by atoms with van der Waals surface area (Å²) >= 11 is 0. The summed E-state index contributed by atoms with van der Waals surface area (Å²) in [4.78, 5) is 14.2. The lowest BCUT2D eigenvalue weighted by Gasteiger charge is -2.47. The van der Waals surface area contributed by atoms with Crippen molar-refractivity contribution in [2.45, 2.75) is 44.6 Å². The number of nitrogens with zero attached hydrogens (tertiary/aromatic N) is 1. The molecular weight excluding hydrogens is 264 g/mol. The Hall–Kier alpha value is -1.55. The van der Waals surface area contributed by atoms with E-state index in [0.717, 1.165) is 30.5 Å². The van der Waals surface area contributed by atoms with Gasteiger partial charge in [0.15, 0.2) is 0 Å². The first kappa shape index (κ1) is 14.4. The van der Waals surface area contributed by atoms with Crippen LogP contribution in [0.1, 0.15) is 37.7 Å². The van der Waals surface area contributed by atoms with Crippen molar-refractivity contribution in [3.05, 3.63) is 29.8 Å². The average molecular weight is 288 g/mol. The summed E-state index contributed by atoms with van der Waals surface area (Å²) < 4.78 is 0. The third-order valence-corrected chi connectivity index (χ3v) is 4.98. The summed E-state index contributed by atoms with van der Waals surface area (Å²) in [6, 6.07) is 7.79. The van der Waals surface area contributed by atoms with Gasteiger partial charge < -0.3 is 15.3 Å². The molecule has 1 aliphatic heterocycles. The summed E-state index contributed by atoms with van der Waals surface area (Å²) in [5.74, 6) is 0.239. The van der Waals surface area contributed by atoms with E-state index in [2.05, 4.69) is 5.32 Å². The molecule has 1 aromatic rings. The fraction of sp³-hybridized carbons (Fsp3) is 0.588. The van der Waals surface area contributed by atoms with E-state index in [-0.39, 0.29) is 11.9 Å². The Bertz CT molecular complexity index is 531. The monoisotopic (exact) mass is 288 g/mol.